The standard InChI is InChI=1S/C31H56N13O15P3S3.C31H53N10O15P3S3/c1-13-6-21(43-5-4-19(32)37-30(43)47)56-16(13)9-53-61(49,64)59-15-8-22(44-12-36-23-24(44)39-28(33)40-25(23)45)57-18(15)11-54-62(50,65)58-14-7-20(55-17(14)10-52-60(48,63)51-3)38-26-31(2,35)27(46)42-29(34)41-26;1-15-6-23(39-5-4-22(32)37-30(39)43)52-19(15)10-50-58(46,61)55-17-7-24(40-9-16(2)29(42)38-31(40)44)53-21(17)12-51-59(47,62)56-18-8-25(54-20(18)11-49-57(45,60)48-3)41-14-36-26-27(33)34-13-35-28(26)41/h4-5,12-22,26,28-30,37-39,41,47H,6-11,32-35H2,1-3H3,(H,40,45)(H,42,46)(H,48,63)(H,49,64)(H,50,65);4-5,9,14-15,17-25,27,30-31,34-35,37,43-44H,6-8,10-13,32-33H2,1-3H3,(H,38,42)(H,45,60)(H,46,61)(H,47,62)/t13-,14-,15-,16-,17-,18-,19?,20-,21-,22-,26?,28?,29?,30?,31?,60?,61?,62?;15-,17-,18-,19-,20-,21-,22?,23-,24-,25-,27?,30?,31?,57?,58?,59?/m11/s1. The van der Waals surface area contributed by atoms with Crippen LogP contribution >= 0.6 is 40.3 Å². The van der Waals surface area contributed by atoms with Crippen LogP contribution in [0.3, 0.4) is 0 Å². The number of nitrogens with one attached hydrogen (secondary N) is 10. The average molecular weight is 2030 g/mol. The fourth-order valence-electron chi connectivity index (χ4n) is 15.4. The Hall–Kier alpha value is -2.57. The second-order valence-electron chi connectivity index (χ2n) is 31.4. The molecule has 34 atom stereocenters. The predicted octanol–water partition coefficient (Wildman–Crippen LogP) is -5.20. The van der Waals surface area contributed by atoms with Gasteiger partial charge in [0.1, 0.15) is 97.1 Å². The van der Waals surface area contributed by atoms with Crippen LogP contribution in [-0.4, -0.2) is 298 Å². The Labute approximate surface area is 758 Å². The number of carbonyl (C=O) groups excluding carboxylic acids is 3. The van der Waals surface area contributed by atoms with Gasteiger partial charge in [-0.05, 0) is 122 Å². The van der Waals surface area contributed by atoms with Gasteiger partial charge in [-0.2, -0.15) is 0 Å². The SMILES string of the molecule is COP(O)(=S)OC[C@H]1O[C@@H](NC2NC(N)NC(=O)C2(C)N)C[C@H]1OP(O)(=S)OC[C@H]1O[C@@H](n2cnc3c2NC(N)NC3=O)C[C@H]1OP(O)(=S)OC[C@H]1O[C@@H](N2C=CC(N)NC2O)C[C@H]1C.COP(O)(=S)OC[C@H]1O[C@@H](n2cnc3c2NCNC3N)C[C@H]1OP(O)(=S)OC[C@H]1O[C@@H](N2C=C(C)C(=O)NC2O)C[C@H]1OP(O)(=S)OC[C@H]1O[C@@H](N2C=CC(N)NC2O)C[C@H]1C. The van der Waals surface area contributed by atoms with Gasteiger partial charge in [0.2, 0.25) is 12.3 Å². The van der Waals surface area contributed by atoms with E-state index < -0.39 is 231 Å². The summed E-state index contributed by atoms with van der Waals surface area (Å²) in [5.41, 5.74) is 35.4. The molecule has 12 aliphatic rings. The maximum absolute atomic E-state index is 12.6. The van der Waals surface area contributed by atoms with Crippen molar-refractivity contribution in [2.75, 3.05) is 71.2 Å². The largest absolute Gasteiger partial charge is 0.361 e. The lowest BCUT2D eigenvalue weighted by Crippen LogP contribution is -2.79. The summed E-state index contributed by atoms with van der Waals surface area (Å²) in [6.45, 7) is -18.5. The number of aromatic nitrogens is 4. The van der Waals surface area contributed by atoms with E-state index >= 15 is 0 Å². The second-order valence-corrected chi connectivity index (χ2v) is 48.4. The molecule has 7 saturated heterocycles. The van der Waals surface area contributed by atoms with Crippen LogP contribution in [0.5, 0.6) is 0 Å². The highest BCUT2D eigenvalue weighted by atomic mass is 32.5. The van der Waals surface area contributed by atoms with Crippen molar-refractivity contribution in [3.05, 3.63) is 60.4 Å². The molecule has 3 amide bonds. The highest BCUT2D eigenvalue weighted by molar-refractivity contribution is 8.08. The third-order valence-electron chi connectivity index (χ3n) is 22.2. The molecule has 14 heterocycles. The number of aliphatic hydroxyl groups is 3. The number of amides is 3. The van der Waals surface area contributed by atoms with Gasteiger partial charge in [0.15, 0.2) is 24.7 Å². The van der Waals surface area contributed by atoms with Crippen LogP contribution in [0.2, 0.25) is 0 Å². The van der Waals surface area contributed by atoms with Crippen LogP contribution in [0.15, 0.2) is 49.0 Å². The summed E-state index contributed by atoms with van der Waals surface area (Å²) >= 11 is 31.9. The minimum atomic E-state index is -4.24. The van der Waals surface area contributed by atoms with Gasteiger partial charge in [-0.15, -0.1) is 0 Å². The van der Waals surface area contributed by atoms with Crippen molar-refractivity contribution < 1.29 is 142 Å². The van der Waals surface area contributed by atoms with Gasteiger partial charge in [0.25, 0.3) is 11.8 Å². The number of hydrogen-bond acceptors (Lipinski definition) is 48. The van der Waals surface area contributed by atoms with Crippen molar-refractivity contribution in [1.29, 1.82) is 0 Å². The van der Waals surface area contributed by atoms with E-state index in [4.69, 9.17) is 188 Å². The van der Waals surface area contributed by atoms with Crippen LogP contribution < -0.4 is 87.6 Å². The number of hydrogen-bond donors (Lipinski definition) is 25. The smallest absolute Gasteiger partial charge is 0.324 e. The van der Waals surface area contributed by atoms with Crippen molar-refractivity contribution in [3.63, 3.8) is 0 Å². The molecule has 12 aliphatic heterocycles. The van der Waals surface area contributed by atoms with Gasteiger partial charge in [0.05, 0.1) is 114 Å². The first-order valence-electron chi connectivity index (χ1n) is 39.6. The number of imidazole rings is 2. The molecule has 718 valence electrons. The molecule has 7 fully saturated rings. The van der Waals surface area contributed by atoms with E-state index in [1.807, 2.05) is 13.8 Å². The van der Waals surface area contributed by atoms with E-state index in [-0.39, 0.29) is 81.0 Å². The molecular formula is C62H109N23O30P6S6. The molecule has 53 nitrogen and oxygen atoms in total. The Morgan fingerprint density at radius 1 is 0.512 bits per heavy atom. The maximum atomic E-state index is 12.6. The zero-order valence-corrected chi connectivity index (χ0v) is 78.9. The Morgan fingerprint density at radius 3 is 1.41 bits per heavy atom. The van der Waals surface area contributed by atoms with Crippen molar-refractivity contribution in [2.24, 2.45) is 46.2 Å². The molecule has 0 bridgehead atoms. The molecule has 14 rings (SSSR count). The molecule has 2 aromatic heterocycles. The van der Waals surface area contributed by atoms with Crippen molar-refractivity contribution in [1.82, 2.24) is 76.3 Å². The third kappa shape index (κ3) is 25.8. The van der Waals surface area contributed by atoms with E-state index in [9.17, 15) is 59.1 Å². The number of nitrogens with two attached hydrogens (primary N) is 6. The van der Waals surface area contributed by atoms with Crippen LogP contribution in [0, 0.1) is 11.8 Å². The van der Waals surface area contributed by atoms with Crippen molar-refractivity contribution >= 4 is 141 Å². The molecule has 0 aromatic carbocycles. The van der Waals surface area contributed by atoms with Gasteiger partial charge in [-0.25, -0.2) is 9.97 Å². The zero-order chi connectivity index (χ0) is 91.9. The maximum Gasteiger partial charge on any atom is 0.324 e. The summed E-state index contributed by atoms with van der Waals surface area (Å²) in [5.74, 6) is -0.844. The summed E-state index contributed by atoms with van der Waals surface area (Å²) in [5, 5.41) is 59.9. The molecule has 65 heteroatoms. The first-order valence-corrected chi connectivity index (χ1v) is 55.1. The van der Waals surface area contributed by atoms with Crippen molar-refractivity contribution in [2.45, 2.75) is 226 Å². The highest BCUT2D eigenvalue weighted by Crippen LogP contribution is 2.56. The second kappa shape index (κ2) is 42.2. The Kier molecular flexibility index (Phi) is 33.8. The number of ether oxygens (including phenoxy) is 6. The fourth-order valence-corrected chi connectivity index (χ4v) is 22.5. The Bertz CT molecular complexity index is 4640. The summed E-state index contributed by atoms with van der Waals surface area (Å²) in [6.07, 6.45) is -9.88. The minimum absolute atomic E-state index is 0.00761. The highest BCUT2D eigenvalue weighted by Gasteiger charge is 2.52. The third-order valence-corrected chi connectivity index (χ3v) is 31.9. The number of aliphatic hydroxyl groups excluding tert-OH is 3. The number of rotatable bonds is 35. The van der Waals surface area contributed by atoms with Gasteiger partial charge in [0, 0.05) is 64.1 Å². The van der Waals surface area contributed by atoms with Gasteiger partial charge < -0.3 is 192 Å². The Balaban J connectivity index is 0.000000218. The van der Waals surface area contributed by atoms with E-state index in [0.717, 1.165) is 0 Å². The first kappa shape index (κ1) is 102. The molecule has 0 aliphatic carbocycles. The van der Waals surface area contributed by atoms with Crippen LogP contribution in [0.4, 0.5) is 11.6 Å². The lowest BCUT2D eigenvalue weighted by atomic mass is 9.96. The van der Waals surface area contributed by atoms with Gasteiger partial charge in [-0.3, -0.25) is 61.6 Å². The monoisotopic (exact) mass is 2030 g/mol. The molecular weight excluding hydrogens is 1930 g/mol. The molecule has 16 unspecified atom stereocenters. The lowest BCUT2D eigenvalue weighted by molar-refractivity contribution is -0.143. The number of carbonyl (C=O) groups is 3. The molecule has 0 saturated carbocycles. The summed E-state index contributed by atoms with van der Waals surface area (Å²) < 4.78 is 109. The topological polar surface area (TPSA) is 721 Å². The lowest BCUT2D eigenvalue weighted by Gasteiger charge is -2.42. The van der Waals surface area contributed by atoms with Crippen LogP contribution in [0.25, 0.3) is 0 Å². The van der Waals surface area contributed by atoms with E-state index in [2.05, 4.69) is 63.1 Å². The average Bonchev–Trinajstić information content (AvgIpc) is 1.65. The first-order chi connectivity index (χ1) is 59.6. The van der Waals surface area contributed by atoms with Crippen LogP contribution in [-0.2, 0) is 163 Å². The fraction of sp³-hybridized carbons (Fsp3) is 0.758. The van der Waals surface area contributed by atoms with Gasteiger partial charge >= 0.3 is 40.3 Å². The summed E-state index contributed by atoms with van der Waals surface area (Å²) in [4.78, 5) is 117. The summed E-state index contributed by atoms with van der Waals surface area (Å²) in [6, 6.07) is 0. The zero-order valence-electron chi connectivity index (χ0n) is 68.6. The normalized spacial score (nSPS) is 39.0. The van der Waals surface area contributed by atoms with E-state index in [0.29, 0.717) is 31.0 Å². The van der Waals surface area contributed by atoms with E-state index in [1.54, 1.807) is 52.2 Å². The number of anilines is 2. The van der Waals surface area contributed by atoms with Crippen molar-refractivity contribution in [3.8, 4) is 0 Å². The molecule has 0 spiro atoms. The number of nitrogens with zero attached hydrogens (tertiary/aromatic N) is 7. The molecule has 31 N–H and O–H groups in total. The molecule has 2 aromatic rings. The minimum Gasteiger partial charge on any atom is -0.361 e. The van der Waals surface area contributed by atoms with Gasteiger partial charge in [-0.1, -0.05) is 13.8 Å². The predicted molar refractivity (Wildman–Crippen MR) is 464 cm³/mol. The van der Waals surface area contributed by atoms with E-state index in [1.165, 1.54) is 43.1 Å². The quantitative estimate of drug-likeness (QED) is 0.0287. The van der Waals surface area contributed by atoms with Crippen LogP contribution in [0.1, 0.15) is 101 Å². The Morgan fingerprint density at radius 2 is 0.929 bits per heavy atom. The molecule has 127 heavy (non-hydrogen) atoms. The number of fused-ring (bicyclic) bond motifs is 2. The molecule has 0 radical (unpaired) electrons. The summed E-state index contributed by atoms with van der Waals surface area (Å²) in [7, 11) is 2.38.